The van der Waals surface area contributed by atoms with Gasteiger partial charge in [-0.2, -0.15) is 0 Å². The van der Waals surface area contributed by atoms with Gasteiger partial charge in [0.25, 0.3) is 11.6 Å². The van der Waals surface area contributed by atoms with Crippen molar-refractivity contribution < 1.29 is 14.5 Å². The second-order valence-corrected chi connectivity index (χ2v) is 12.4. The Balaban J connectivity index is 1.66. The second kappa shape index (κ2) is 11.5. The van der Waals surface area contributed by atoms with E-state index in [-0.39, 0.29) is 46.2 Å². The zero-order valence-electron chi connectivity index (χ0n) is 22.9. The number of fused-ring (bicyclic) bond motifs is 1. The molecule has 0 saturated carbocycles. The highest BCUT2D eigenvalue weighted by molar-refractivity contribution is 7.10. The second-order valence-electron chi connectivity index (χ2n) is 11.0. The standard InChI is InChI=1S/C30H34ClN3O4S/c1-6-19(2)33(29(36)21-9-12-24(31)25(17-21)34(37)38)18-27(35)32-15-13-26-23(14-16-39-26)28(32)20-7-10-22(11-8-20)30(3,4)5/h7-12,14,16-17,19,28H,6,13,15,18H2,1-5H3. The number of amides is 2. The Kier molecular flexibility index (Phi) is 8.47. The Bertz CT molecular complexity index is 1380. The van der Waals surface area contributed by atoms with Crippen molar-refractivity contribution in [3.8, 4) is 0 Å². The van der Waals surface area contributed by atoms with Gasteiger partial charge in [0.2, 0.25) is 5.91 Å². The van der Waals surface area contributed by atoms with Crippen LogP contribution in [0.3, 0.4) is 0 Å². The third-order valence-corrected chi connectivity index (χ3v) is 8.77. The Morgan fingerprint density at radius 2 is 1.87 bits per heavy atom. The summed E-state index contributed by atoms with van der Waals surface area (Å²) in [4.78, 5) is 43.0. The summed E-state index contributed by atoms with van der Waals surface area (Å²) in [5.74, 6) is -0.592. The van der Waals surface area contributed by atoms with Crippen LogP contribution < -0.4 is 0 Å². The van der Waals surface area contributed by atoms with E-state index in [0.717, 1.165) is 17.5 Å². The third-order valence-electron chi connectivity index (χ3n) is 7.46. The molecule has 2 atom stereocenters. The zero-order valence-corrected chi connectivity index (χ0v) is 24.5. The predicted molar refractivity (Wildman–Crippen MR) is 156 cm³/mol. The normalized spacial score (nSPS) is 15.9. The van der Waals surface area contributed by atoms with Crippen molar-refractivity contribution in [2.45, 2.75) is 65.0 Å². The number of nitro benzene ring substituents is 1. The SMILES string of the molecule is CCC(C)N(CC(=O)N1CCc2sccc2C1c1ccc(C(C)(C)C)cc1)C(=O)c1ccc(Cl)c([N+](=O)[O-])c1. The molecule has 206 valence electrons. The van der Waals surface area contributed by atoms with Crippen LogP contribution in [-0.4, -0.2) is 45.7 Å². The molecule has 0 aliphatic carbocycles. The van der Waals surface area contributed by atoms with Crippen LogP contribution in [0.15, 0.2) is 53.9 Å². The molecule has 0 spiro atoms. The van der Waals surface area contributed by atoms with Crippen molar-refractivity contribution in [2.75, 3.05) is 13.1 Å². The van der Waals surface area contributed by atoms with Crippen LogP contribution in [-0.2, 0) is 16.6 Å². The van der Waals surface area contributed by atoms with E-state index in [1.807, 2.05) is 18.7 Å². The molecule has 0 N–H and O–H groups in total. The van der Waals surface area contributed by atoms with E-state index in [9.17, 15) is 19.7 Å². The van der Waals surface area contributed by atoms with Crippen LogP contribution in [0.2, 0.25) is 5.02 Å². The third kappa shape index (κ3) is 6.02. The summed E-state index contributed by atoms with van der Waals surface area (Å²) in [6.45, 7) is 10.8. The molecule has 4 rings (SSSR count). The number of nitro groups is 1. The van der Waals surface area contributed by atoms with Gasteiger partial charge in [0, 0.05) is 29.1 Å². The minimum absolute atomic E-state index is 0.0159. The topological polar surface area (TPSA) is 83.8 Å². The molecule has 0 bridgehead atoms. The van der Waals surface area contributed by atoms with E-state index < -0.39 is 10.8 Å². The van der Waals surface area contributed by atoms with Gasteiger partial charge >= 0.3 is 0 Å². The molecular formula is C30H34ClN3O4S. The number of nitrogens with zero attached hydrogens (tertiary/aromatic N) is 3. The molecule has 1 aliphatic rings. The highest BCUT2D eigenvalue weighted by atomic mass is 35.5. The number of thiophene rings is 1. The fraction of sp³-hybridized carbons (Fsp3) is 0.400. The number of halogens is 1. The van der Waals surface area contributed by atoms with Gasteiger partial charge in [0.1, 0.15) is 11.6 Å². The molecule has 0 fully saturated rings. The lowest BCUT2D eigenvalue weighted by atomic mass is 9.85. The maximum Gasteiger partial charge on any atom is 0.288 e. The Morgan fingerprint density at radius 1 is 1.18 bits per heavy atom. The summed E-state index contributed by atoms with van der Waals surface area (Å²) < 4.78 is 0. The molecule has 7 nitrogen and oxygen atoms in total. The summed E-state index contributed by atoms with van der Waals surface area (Å²) in [5, 5.41) is 13.4. The number of benzene rings is 2. The monoisotopic (exact) mass is 567 g/mol. The number of carbonyl (C=O) groups is 2. The fourth-order valence-electron chi connectivity index (χ4n) is 4.95. The smallest absolute Gasteiger partial charge is 0.288 e. The van der Waals surface area contributed by atoms with Gasteiger partial charge in [-0.05, 0) is 65.4 Å². The summed E-state index contributed by atoms with van der Waals surface area (Å²) in [6.07, 6.45) is 1.39. The van der Waals surface area contributed by atoms with Crippen molar-refractivity contribution in [3.63, 3.8) is 0 Å². The number of hydrogen-bond donors (Lipinski definition) is 0. The van der Waals surface area contributed by atoms with E-state index in [0.29, 0.717) is 13.0 Å². The predicted octanol–water partition coefficient (Wildman–Crippen LogP) is 7.02. The van der Waals surface area contributed by atoms with E-state index in [2.05, 4.69) is 56.5 Å². The maximum atomic E-state index is 13.9. The number of rotatable bonds is 7. The van der Waals surface area contributed by atoms with Gasteiger partial charge in [0.15, 0.2) is 0 Å². The first kappa shape index (κ1) is 28.8. The average molecular weight is 568 g/mol. The first-order chi connectivity index (χ1) is 18.4. The van der Waals surface area contributed by atoms with Crippen molar-refractivity contribution >= 4 is 40.4 Å². The Hall–Kier alpha value is -3.23. The summed E-state index contributed by atoms with van der Waals surface area (Å²) in [6, 6.07) is 14.1. The van der Waals surface area contributed by atoms with Crippen LogP contribution in [0.4, 0.5) is 5.69 Å². The van der Waals surface area contributed by atoms with Gasteiger partial charge in [-0.3, -0.25) is 19.7 Å². The highest BCUT2D eigenvalue weighted by Crippen LogP contribution is 2.38. The molecule has 9 heteroatoms. The largest absolute Gasteiger partial charge is 0.330 e. The van der Waals surface area contributed by atoms with Crippen LogP contribution in [0.5, 0.6) is 0 Å². The average Bonchev–Trinajstić information content (AvgIpc) is 3.39. The zero-order chi connectivity index (χ0) is 28.5. The lowest BCUT2D eigenvalue weighted by Gasteiger charge is -2.38. The molecule has 3 aromatic rings. The summed E-state index contributed by atoms with van der Waals surface area (Å²) in [7, 11) is 0. The fourth-order valence-corrected chi connectivity index (χ4v) is 6.04. The summed E-state index contributed by atoms with van der Waals surface area (Å²) >= 11 is 7.67. The van der Waals surface area contributed by atoms with Crippen molar-refractivity contribution in [2.24, 2.45) is 0 Å². The van der Waals surface area contributed by atoms with Gasteiger partial charge in [-0.1, -0.05) is 63.6 Å². The molecule has 2 unspecified atom stereocenters. The molecule has 0 saturated heterocycles. The van der Waals surface area contributed by atoms with Crippen LogP contribution in [0.1, 0.15) is 79.0 Å². The van der Waals surface area contributed by atoms with E-state index in [4.69, 9.17) is 11.6 Å². The molecular weight excluding hydrogens is 534 g/mol. The Morgan fingerprint density at radius 3 is 2.49 bits per heavy atom. The summed E-state index contributed by atoms with van der Waals surface area (Å²) in [5.41, 5.74) is 3.19. The number of hydrogen-bond acceptors (Lipinski definition) is 5. The molecule has 2 amide bonds. The van der Waals surface area contributed by atoms with Gasteiger partial charge < -0.3 is 9.80 Å². The van der Waals surface area contributed by atoms with Gasteiger partial charge in [-0.25, -0.2) is 0 Å². The molecule has 1 aliphatic heterocycles. The van der Waals surface area contributed by atoms with Gasteiger partial charge in [-0.15, -0.1) is 11.3 Å². The molecule has 1 aromatic heterocycles. The maximum absolute atomic E-state index is 13.9. The molecule has 2 heterocycles. The van der Waals surface area contributed by atoms with Gasteiger partial charge in [0.05, 0.1) is 11.0 Å². The van der Waals surface area contributed by atoms with E-state index >= 15 is 0 Å². The first-order valence-electron chi connectivity index (χ1n) is 13.1. The van der Waals surface area contributed by atoms with Crippen molar-refractivity contribution in [3.05, 3.63) is 96.2 Å². The van der Waals surface area contributed by atoms with Crippen LogP contribution in [0.25, 0.3) is 0 Å². The van der Waals surface area contributed by atoms with Crippen LogP contribution >= 0.6 is 22.9 Å². The highest BCUT2D eigenvalue weighted by Gasteiger charge is 2.35. The molecule has 0 radical (unpaired) electrons. The minimum Gasteiger partial charge on any atom is -0.330 e. The molecule has 39 heavy (non-hydrogen) atoms. The minimum atomic E-state index is -0.612. The molecule has 2 aromatic carbocycles. The first-order valence-corrected chi connectivity index (χ1v) is 14.4. The van der Waals surface area contributed by atoms with Crippen molar-refractivity contribution in [1.29, 1.82) is 0 Å². The quantitative estimate of drug-likeness (QED) is 0.227. The lowest BCUT2D eigenvalue weighted by Crippen LogP contribution is -2.49. The van der Waals surface area contributed by atoms with E-state index in [1.54, 1.807) is 11.3 Å². The van der Waals surface area contributed by atoms with Crippen LogP contribution in [0, 0.1) is 10.1 Å². The van der Waals surface area contributed by atoms with E-state index in [1.165, 1.54) is 33.5 Å². The lowest BCUT2D eigenvalue weighted by molar-refractivity contribution is -0.384. The Labute approximate surface area is 238 Å². The number of carbonyl (C=O) groups excluding carboxylic acids is 2. The van der Waals surface area contributed by atoms with Crippen molar-refractivity contribution in [1.82, 2.24) is 9.80 Å².